The van der Waals surface area contributed by atoms with E-state index in [9.17, 15) is 0 Å². The number of benzene rings is 1. The van der Waals surface area contributed by atoms with Gasteiger partial charge in [-0.1, -0.05) is 24.3 Å². The minimum absolute atomic E-state index is 0. The largest absolute Gasteiger partial charge is 0.356 e. The van der Waals surface area contributed by atoms with Crippen LogP contribution < -0.4 is 10.6 Å². The Balaban J connectivity index is 0.00000261. The van der Waals surface area contributed by atoms with Crippen molar-refractivity contribution in [3.8, 4) is 0 Å². The molecule has 1 aliphatic heterocycles. The number of nitrogens with one attached hydrogen (secondary N) is 2. The topological polar surface area (TPSA) is 57.5 Å². The molecule has 1 saturated heterocycles. The van der Waals surface area contributed by atoms with Gasteiger partial charge in [-0.3, -0.25) is 9.67 Å². The molecule has 2 heterocycles. The van der Waals surface area contributed by atoms with Crippen LogP contribution in [0.3, 0.4) is 0 Å². The van der Waals surface area contributed by atoms with Crippen LogP contribution in [0.1, 0.15) is 24.0 Å². The first-order chi connectivity index (χ1) is 12.7. The number of piperidine rings is 1. The molecule has 148 valence electrons. The minimum Gasteiger partial charge on any atom is -0.356 e. The second-order valence-corrected chi connectivity index (χ2v) is 7.05. The van der Waals surface area contributed by atoms with E-state index in [0.29, 0.717) is 5.92 Å². The summed E-state index contributed by atoms with van der Waals surface area (Å²) in [5, 5.41) is 11.2. The lowest BCUT2D eigenvalue weighted by Crippen LogP contribution is -2.43. The van der Waals surface area contributed by atoms with Crippen LogP contribution in [0.15, 0.2) is 47.7 Å². The highest BCUT2D eigenvalue weighted by atomic mass is 127. The molecule has 3 rings (SSSR count). The number of nitrogens with zero attached hydrogens (tertiary/aromatic N) is 4. The fourth-order valence-electron chi connectivity index (χ4n) is 3.53. The van der Waals surface area contributed by atoms with E-state index in [4.69, 9.17) is 0 Å². The van der Waals surface area contributed by atoms with Gasteiger partial charge in [0.15, 0.2) is 5.96 Å². The van der Waals surface area contributed by atoms with Crippen molar-refractivity contribution in [2.24, 2.45) is 10.9 Å². The zero-order valence-corrected chi connectivity index (χ0v) is 18.6. The van der Waals surface area contributed by atoms with Crippen LogP contribution in [0.2, 0.25) is 0 Å². The van der Waals surface area contributed by atoms with Gasteiger partial charge in [-0.25, -0.2) is 0 Å². The van der Waals surface area contributed by atoms with E-state index in [1.807, 2.05) is 30.2 Å². The molecule has 0 radical (unpaired) electrons. The molecule has 1 unspecified atom stereocenters. The summed E-state index contributed by atoms with van der Waals surface area (Å²) in [5.74, 6) is 1.56. The monoisotopic (exact) mass is 482 g/mol. The fraction of sp³-hybridized carbons (Fsp3) is 0.500. The second kappa shape index (κ2) is 11.3. The Morgan fingerprint density at radius 1 is 1.22 bits per heavy atom. The summed E-state index contributed by atoms with van der Waals surface area (Å²) in [6.07, 6.45) is 6.39. The highest BCUT2D eigenvalue weighted by Gasteiger charge is 2.17. The third kappa shape index (κ3) is 6.80. The number of aromatic nitrogens is 2. The number of halogens is 1. The summed E-state index contributed by atoms with van der Waals surface area (Å²) in [5.41, 5.74) is 2.54. The maximum Gasteiger partial charge on any atom is 0.191 e. The first-order valence-electron chi connectivity index (χ1n) is 9.42. The SMILES string of the molecule is CN=C(NCc1ccccc1Cn1cccn1)NCC1CCCN(C)C1.I. The van der Waals surface area contributed by atoms with E-state index in [0.717, 1.165) is 32.1 Å². The zero-order valence-electron chi connectivity index (χ0n) is 16.3. The first kappa shape index (κ1) is 21.7. The van der Waals surface area contributed by atoms with Crippen molar-refractivity contribution >= 4 is 29.9 Å². The van der Waals surface area contributed by atoms with Gasteiger partial charge in [-0.15, -0.1) is 24.0 Å². The number of likely N-dealkylation sites (tertiary alicyclic amines) is 1. The summed E-state index contributed by atoms with van der Waals surface area (Å²) in [7, 11) is 4.04. The van der Waals surface area contributed by atoms with E-state index in [-0.39, 0.29) is 24.0 Å². The van der Waals surface area contributed by atoms with E-state index in [2.05, 4.69) is 56.9 Å². The van der Waals surface area contributed by atoms with Crippen LogP contribution in [0.25, 0.3) is 0 Å². The van der Waals surface area contributed by atoms with Crippen LogP contribution in [0.4, 0.5) is 0 Å². The summed E-state index contributed by atoms with van der Waals surface area (Å²) >= 11 is 0. The van der Waals surface area contributed by atoms with Gasteiger partial charge >= 0.3 is 0 Å². The van der Waals surface area contributed by atoms with Crippen LogP contribution in [0, 0.1) is 5.92 Å². The molecule has 6 nitrogen and oxygen atoms in total. The van der Waals surface area contributed by atoms with Crippen molar-refractivity contribution in [1.82, 2.24) is 25.3 Å². The predicted octanol–water partition coefficient (Wildman–Crippen LogP) is 2.56. The third-order valence-electron chi connectivity index (χ3n) is 4.96. The van der Waals surface area contributed by atoms with Crippen molar-refractivity contribution in [2.45, 2.75) is 25.9 Å². The average molecular weight is 482 g/mol. The van der Waals surface area contributed by atoms with Crippen LogP contribution in [0.5, 0.6) is 0 Å². The Labute approximate surface area is 179 Å². The quantitative estimate of drug-likeness (QED) is 0.378. The maximum absolute atomic E-state index is 4.38. The Bertz CT molecular complexity index is 700. The van der Waals surface area contributed by atoms with E-state index >= 15 is 0 Å². The molecule has 0 spiro atoms. The van der Waals surface area contributed by atoms with Gasteiger partial charge in [0.05, 0.1) is 6.54 Å². The Hall–Kier alpha value is -1.61. The standard InChI is InChI=1S/C20H30N6.HI/c1-21-20(22-13-17-7-5-11-25(2)15-17)23-14-18-8-3-4-9-19(18)16-26-12-6-10-24-26;/h3-4,6,8-10,12,17H,5,7,11,13-16H2,1-2H3,(H2,21,22,23);1H. The summed E-state index contributed by atoms with van der Waals surface area (Å²) < 4.78 is 1.95. The maximum atomic E-state index is 4.38. The van der Waals surface area contributed by atoms with Crippen molar-refractivity contribution in [1.29, 1.82) is 0 Å². The van der Waals surface area contributed by atoms with Gasteiger partial charge in [0, 0.05) is 39.1 Å². The molecule has 7 heteroatoms. The smallest absolute Gasteiger partial charge is 0.191 e. The van der Waals surface area contributed by atoms with Gasteiger partial charge in [0.2, 0.25) is 0 Å². The van der Waals surface area contributed by atoms with Crippen LogP contribution in [-0.2, 0) is 13.1 Å². The van der Waals surface area contributed by atoms with Gasteiger partial charge in [0.1, 0.15) is 0 Å². The molecule has 0 bridgehead atoms. The summed E-state index contributed by atoms with van der Waals surface area (Å²) in [4.78, 5) is 6.79. The van der Waals surface area contributed by atoms with Gasteiger partial charge < -0.3 is 15.5 Å². The molecule has 1 aliphatic rings. The van der Waals surface area contributed by atoms with E-state index < -0.39 is 0 Å². The third-order valence-corrected chi connectivity index (χ3v) is 4.96. The predicted molar refractivity (Wildman–Crippen MR) is 122 cm³/mol. The molecule has 1 aromatic carbocycles. The number of aliphatic imine (C=N–C) groups is 1. The number of hydrogen-bond acceptors (Lipinski definition) is 3. The van der Waals surface area contributed by atoms with Gasteiger partial charge in [-0.05, 0) is 49.5 Å². The second-order valence-electron chi connectivity index (χ2n) is 7.05. The normalized spacial score (nSPS) is 18.0. The van der Waals surface area contributed by atoms with Crippen molar-refractivity contribution < 1.29 is 0 Å². The molecule has 2 N–H and O–H groups in total. The Morgan fingerprint density at radius 2 is 2.04 bits per heavy atom. The average Bonchev–Trinajstić information content (AvgIpc) is 3.16. The summed E-state index contributed by atoms with van der Waals surface area (Å²) in [6, 6.07) is 10.4. The Morgan fingerprint density at radius 3 is 2.74 bits per heavy atom. The number of hydrogen-bond donors (Lipinski definition) is 2. The van der Waals surface area contributed by atoms with Crippen LogP contribution in [-0.4, -0.2) is 54.4 Å². The lowest BCUT2D eigenvalue weighted by atomic mass is 9.99. The molecule has 0 amide bonds. The molecule has 0 saturated carbocycles. The fourth-order valence-corrected chi connectivity index (χ4v) is 3.53. The van der Waals surface area contributed by atoms with Gasteiger partial charge in [0.25, 0.3) is 0 Å². The molecule has 1 fully saturated rings. The molecule has 0 aliphatic carbocycles. The van der Waals surface area contributed by atoms with E-state index in [1.165, 1.54) is 30.5 Å². The number of guanidine groups is 1. The first-order valence-corrected chi connectivity index (χ1v) is 9.42. The zero-order chi connectivity index (χ0) is 18.2. The minimum atomic E-state index is 0. The van der Waals surface area contributed by atoms with E-state index in [1.54, 1.807) is 0 Å². The molecule has 27 heavy (non-hydrogen) atoms. The lowest BCUT2D eigenvalue weighted by Gasteiger charge is -2.30. The van der Waals surface area contributed by atoms with Crippen molar-refractivity contribution in [3.05, 3.63) is 53.9 Å². The van der Waals surface area contributed by atoms with Crippen LogP contribution >= 0.6 is 24.0 Å². The molecular formula is C20H31IN6. The van der Waals surface area contributed by atoms with Crippen molar-refractivity contribution in [3.63, 3.8) is 0 Å². The Kier molecular flexibility index (Phi) is 9.06. The lowest BCUT2D eigenvalue weighted by molar-refractivity contribution is 0.210. The van der Waals surface area contributed by atoms with Gasteiger partial charge in [-0.2, -0.15) is 5.10 Å². The van der Waals surface area contributed by atoms with Crippen molar-refractivity contribution in [2.75, 3.05) is 33.7 Å². The molecular weight excluding hydrogens is 451 g/mol. The summed E-state index contributed by atoms with van der Waals surface area (Å²) in [6.45, 7) is 4.89. The molecule has 1 aromatic heterocycles. The molecule has 1 atom stereocenters. The molecule has 2 aromatic rings. The highest BCUT2D eigenvalue weighted by molar-refractivity contribution is 14.0. The number of rotatable bonds is 6. The highest BCUT2D eigenvalue weighted by Crippen LogP contribution is 2.14.